The molecule has 0 aliphatic carbocycles. The van der Waals surface area contributed by atoms with Crippen LogP contribution in [0.1, 0.15) is 18.1 Å². The van der Waals surface area contributed by atoms with E-state index in [1.807, 2.05) is 30.3 Å². The maximum absolute atomic E-state index is 13.6. The highest BCUT2D eigenvalue weighted by Crippen LogP contribution is 2.16. The van der Waals surface area contributed by atoms with Crippen molar-refractivity contribution in [1.29, 1.82) is 0 Å². The van der Waals surface area contributed by atoms with Gasteiger partial charge in [0.05, 0.1) is 5.69 Å². The normalized spacial score (nSPS) is 12.2. The summed E-state index contributed by atoms with van der Waals surface area (Å²) in [6, 6.07) is 19.5. The molecule has 0 aliphatic heterocycles. The van der Waals surface area contributed by atoms with Crippen molar-refractivity contribution in [3.05, 3.63) is 95.6 Å². The van der Waals surface area contributed by atoms with Crippen molar-refractivity contribution in [3.63, 3.8) is 0 Å². The Labute approximate surface area is 178 Å². The average molecular weight is 425 g/mol. The summed E-state index contributed by atoms with van der Waals surface area (Å²) in [5.74, 6) is -1.57. The number of carbonyl (C=O) groups excluding carboxylic acids is 1. The molecule has 0 bridgehead atoms. The zero-order valence-corrected chi connectivity index (χ0v) is 16.7. The SMILES string of the molecule is CC(ON=C(N)c1ccc(OCc2ccccc2)cc1)C(=O)Nc1ccc(F)cc1F. The number of nitrogens with two attached hydrogens (primary N) is 1. The zero-order chi connectivity index (χ0) is 22.2. The Morgan fingerprint density at radius 1 is 1.06 bits per heavy atom. The second-order valence-electron chi connectivity index (χ2n) is 6.64. The molecule has 160 valence electrons. The number of rotatable bonds is 8. The van der Waals surface area contributed by atoms with E-state index in [2.05, 4.69) is 10.5 Å². The standard InChI is InChI=1S/C23H21F2N3O3/c1-15(23(29)27-21-12-9-18(24)13-20(21)25)31-28-22(26)17-7-10-19(11-8-17)30-14-16-5-3-2-4-6-16/h2-13,15H,14H2,1H3,(H2,26,28)(H,27,29). The molecule has 0 heterocycles. The Morgan fingerprint density at radius 2 is 1.77 bits per heavy atom. The summed E-state index contributed by atoms with van der Waals surface area (Å²) in [6.07, 6.45) is -1.06. The molecule has 31 heavy (non-hydrogen) atoms. The molecule has 0 saturated carbocycles. The van der Waals surface area contributed by atoms with E-state index in [-0.39, 0.29) is 11.5 Å². The number of hydrogen-bond donors (Lipinski definition) is 2. The van der Waals surface area contributed by atoms with Crippen molar-refractivity contribution >= 4 is 17.4 Å². The number of anilines is 1. The van der Waals surface area contributed by atoms with Crippen LogP contribution in [0.25, 0.3) is 0 Å². The smallest absolute Gasteiger partial charge is 0.268 e. The van der Waals surface area contributed by atoms with Gasteiger partial charge >= 0.3 is 0 Å². The van der Waals surface area contributed by atoms with Crippen LogP contribution in [0.15, 0.2) is 78.0 Å². The molecule has 3 N–H and O–H groups in total. The minimum Gasteiger partial charge on any atom is -0.489 e. The minimum absolute atomic E-state index is 0.0576. The van der Waals surface area contributed by atoms with Gasteiger partial charge in [0.25, 0.3) is 5.91 Å². The van der Waals surface area contributed by atoms with Crippen LogP contribution in [-0.4, -0.2) is 17.8 Å². The van der Waals surface area contributed by atoms with E-state index in [0.717, 1.165) is 17.7 Å². The van der Waals surface area contributed by atoms with Crippen molar-refractivity contribution in [3.8, 4) is 5.75 Å². The predicted octanol–water partition coefficient (Wildman–Crippen LogP) is 4.21. The fourth-order valence-electron chi connectivity index (χ4n) is 2.52. The highest BCUT2D eigenvalue weighted by atomic mass is 19.1. The van der Waals surface area contributed by atoms with Gasteiger partial charge in [-0.05, 0) is 48.9 Å². The summed E-state index contributed by atoms with van der Waals surface area (Å²) >= 11 is 0. The fourth-order valence-corrected chi connectivity index (χ4v) is 2.52. The number of nitrogens with one attached hydrogen (secondary N) is 1. The molecule has 0 aliphatic rings. The van der Waals surface area contributed by atoms with E-state index in [1.54, 1.807) is 24.3 Å². The quantitative estimate of drug-likeness (QED) is 0.322. The molecular weight excluding hydrogens is 404 g/mol. The molecule has 3 aromatic carbocycles. The highest BCUT2D eigenvalue weighted by Gasteiger charge is 2.17. The number of amides is 1. The summed E-state index contributed by atoms with van der Waals surface area (Å²) in [4.78, 5) is 17.2. The highest BCUT2D eigenvalue weighted by molar-refractivity contribution is 5.97. The molecule has 8 heteroatoms. The van der Waals surface area contributed by atoms with Crippen molar-refractivity contribution in [2.24, 2.45) is 10.9 Å². The molecule has 0 radical (unpaired) electrons. The van der Waals surface area contributed by atoms with E-state index in [1.165, 1.54) is 6.92 Å². The maximum Gasteiger partial charge on any atom is 0.268 e. The van der Waals surface area contributed by atoms with Crippen molar-refractivity contribution in [2.75, 3.05) is 5.32 Å². The molecule has 1 atom stereocenters. The maximum atomic E-state index is 13.6. The second kappa shape index (κ2) is 10.2. The third-order valence-electron chi connectivity index (χ3n) is 4.27. The van der Waals surface area contributed by atoms with Gasteiger partial charge in [0, 0.05) is 11.6 Å². The lowest BCUT2D eigenvalue weighted by molar-refractivity contribution is -0.126. The third-order valence-corrected chi connectivity index (χ3v) is 4.27. The summed E-state index contributed by atoms with van der Waals surface area (Å²) in [7, 11) is 0. The number of benzene rings is 3. The lowest BCUT2D eigenvalue weighted by Gasteiger charge is -2.12. The van der Waals surface area contributed by atoms with Crippen molar-refractivity contribution in [1.82, 2.24) is 0 Å². The summed E-state index contributed by atoms with van der Waals surface area (Å²) in [5.41, 5.74) is 7.36. The van der Waals surface area contributed by atoms with Crippen LogP contribution in [0, 0.1) is 11.6 Å². The first-order valence-corrected chi connectivity index (χ1v) is 9.45. The van der Waals surface area contributed by atoms with Crippen LogP contribution < -0.4 is 15.8 Å². The largest absolute Gasteiger partial charge is 0.489 e. The predicted molar refractivity (Wildman–Crippen MR) is 113 cm³/mol. The zero-order valence-electron chi connectivity index (χ0n) is 16.7. The van der Waals surface area contributed by atoms with E-state index in [9.17, 15) is 13.6 Å². The molecule has 0 fully saturated rings. The Kier molecular flexibility index (Phi) is 7.16. The van der Waals surface area contributed by atoms with Gasteiger partial charge in [0.1, 0.15) is 24.0 Å². The number of amidine groups is 1. The van der Waals surface area contributed by atoms with E-state index < -0.39 is 23.6 Å². The molecule has 0 aromatic heterocycles. The van der Waals surface area contributed by atoms with E-state index >= 15 is 0 Å². The number of carbonyl (C=O) groups is 1. The van der Waals surface area contributed by atoms with Crippen LogP contribution in [0.3, 0.4) is 0 Å². The summed E-state index contributed by atoms with van der Waals surface area (Å²) in [6.45, 7) is 1.86. The van der Waals surface area contributed by atoms with Crippen LogP contribution in [0.4, 0.5) is 14.5 Å². The number of hydrogen-bond acceptors (Lipinski definition) is 4. The van der Waals surface area contributed by atoms with Gasteiger partial charge in [-0.15, -0.1) is 0 Å². The van der Waals surface area contributed by atoms with Gasteiger partial charge in [0.15, 0.2) is 5.84 Å². The van der Waals surface area contributed by atoms with Crippen LogP contribution in [0.5, 0.6) is 5.75 Å². The van der Waals surface area contributed by atoms with Gasteiger partial charge in [-0.25, -0.2) is 8.78 Å². The van der Waals surface area contributed by atoms with Crippen LogP contribution >= 0.6 is 0 Å². The van der Waals surface area contributed by atoms with Crippen molar-refractivity contribution < 1.29 is 23.1 Å². The molecule has 1 unspecified atom stereocenters. The number of oxime groups is 1. The van der Waals surface area contributed by atoms with Gasteiger partial charge in [-0.2, -0.15) is 0 Å². The van der Waals surface area contributed by atoms with Gasteiger partial charge in [0.2, 0.25) is 6.10 Å². The Balaban J connectivity index is 1.53. The van der Waals surface area contributed by atoms with Gasteiger partial charge < -0.3 is 20.6 Å². The Morgan fingerprint density at radius 3 is 2.45 bits per heavy atom. The molecule has 3 rings (SSSR count). The number of ether oxygens (including phenoxy) is 1. The number of halogens is 2. The summed E-state index contributed by atoms with van der Waals surface area (Å²) in [5, 5.41) is 6.06. The van der Waals surface area contributed by atoms with E-state index in [0.29, 0.717) is 24.0 Å². The lowest BCUT2D eigenvalue weighted by atomic mass is 10.2. The molecule has 3 aromatic rings. The fraction of sp³-hybridized carbons (Fsp3) is 0.130. The Hall–Kier alpha value is -3.94. The average Bonchev–Trinajstić information content (AvgIpc) is 2.78. The van der Waals surface area contributed by atoms with E-state index in [4.69, 9.17) is 15.3 Å². The first-order valence-electron chi connectivity index (χ1n) is 9.45. The van der Waals surface area contributed by atoms with Gasteiger partial charge in [-0.1, -0.05) is 35.5 Å². The minimum atomic E-state index is -1.06. The molecule has 0 saturated heterocycles. The van der Waals surface area contributed by atoms with Crippen molar-refractivity contribution in [2.45, 2.75) is 19.6 Å². The number of nitrogens with zero attached hydrogens (tertiary/aromatic N) is 1. The summed E-state index contributed by atoms with van der Waals surface area (Å²) < 4.78 is 32.3. The van der Waals surface area contributed by atoms with Gasteiger partial charge in [-0.3, -0.25) is 4.79 Å². The lowest BCUT2D eigenvalue weighted by Crippen LogP contribution is -2.28. The second-order valence-corrected chi connectivity index (χ2v) is 6.64. The van der Waals surface area contributed by atoms with Crippen LogP contribution in [-0.2, 0) is 16.2 Å². The van der Waals surface area contributed by atoms with Crippen LogP contribution in [0.2, 0.25) is 0 Å². The third kappa shape index (κ3) is 6.27. The molecular formula is C23H21F2N3O3. The first-order chi connectivity index (χ1) is 14.9. The molecule has 6 nitrogen and oxygen atoms in total. The monoisotopic (exact) mass is 425 g/mol. The molecule has 1 amide bonds. The molecule has 0 spiro atoms. The first kappa shape index (κ1) is 21.8. The Bertz CT molecular complexity index is 1060. The topological polar surface area (TPSA) is 85.9 Å².